The van der Waals surface area contributed by atoms with E-state index in [1.165, 1.54) is 6.20 Å². The van der Waals surface area contributed by atoms with Crippen LogP contribution in [0.25, 0.3) is 0 Å². The molecule has 0 aliphatic rings. The molecule has 0 amide bonds. The molecule has 0 aliphatic heterocycles. The van der Waals surface area contributed by atoms with E-state index in [2.05, 4.69) is 20.5 Å². The van der Waals surface area contributed by atoms with Crippen LogP contribution < -0.4 is 11.1 Å². The quantitative estimate of drug-likeness (QED) is 0.596. The molecule has 0 bridgehead atoms. The van der Waals surface area contributed by atoms with Crippen LogP contribution in [0.5, 0.6) is 0 Å². The Hall–Kier alpha value is -2.43. The number of hydrogen-bond acceptors (Lipinski definition) is 4. The van der Waals surface area contributed by atoms with Crippen LogP contribution in [0.4, 0.5) is 5.82 Å². The molecule has 1 heterocycles. The maximum atomic E-state index is 10.9. The molecule has 0 unspecified atom stereocenters. The van der Waals surface area contributed by atoms with Gasteiger partial charge in [-0.15, -0.1) is 0 Å². The molecule has 2 aromatic rings. The van der Waals surface area contributed by atoms with Crippen molar-refractivity contribution in [3.8, 4) is 0 Å². The summed E-state index contributed by atoms with van der Waals surface area (Å²) in [4.78, 5) is 16.9. The lowest BCUT2D eigenvalue weighted by Gasteiger charge is -1.97. The Balaban J connectivity index is 2.03. The molecule has 5 heteroatoms. The Morgan fingerprint density at radius 3 is 2.81 bits per heavy atom. The van der Waals surface area contributed by atoms with Crippen LogP contribution in [0, 0.1) is 0 Å². The van der Waals surface area contributed by atoms with Crippen molar-refractivity contribution in [2.75, 3.05) is 5.43 Å². The Bertz CT molecular complexity index is 533. The van der Waals surface area contributed by atoms with Crippen molar-refractivity contribution in [1.82, 2.24) is 9.97 Å². The number of hydrazone groups is 1. The van der Waals surface area contributed by atoms with Gasteiger partial charge in [-0.05, 0) is 11.6 Å². The Kier molecular flexibility index (Phi) is 3.08. The predicted octanol–water partition coefficient (Wildman–Crippen LogP) is 1.22. The Labute approximate surface area is 91.9 Å². The van der Waals surface area contributed by atoms with Crippen molar-refractivity contribution in [2.45, 2.75) is 0 Å². The normalized spacial score (nSPS) is 10.5. The third kappa shape index (κ3) is 2.78. The molecule has 0 spiro atoms. The highest BCUT2D eigenvalue weighted by Crippen LogP contribution is 1.97. The fourth-order valence-electron chi connectivity index (χ4n) is 1.15. The standard InChI is InChI=1S/C11H10N4O/c16-11-12-7-6-10(14-11)15-13-8-9-4-2-1-3-5-9/h1-8H,(H2,12,14,15,16)/b13-8-. The van der Waals surface area contributed by atoms with Crippen LogP contribution in [-0.2, 0) is 0 Å². The Morgan fingerprint density at radius 1 is 1.25 bits per heavy atom. The first-order valence-corrected chi connectivity index (χ1v) is 4.74. The zero-order valence-corrected chi connectivity index (χ0v) is 8.42. The van der Waals surface area contributed by atoms with E-state index < -0.39 is 5.69 Å². The van der Waals surface area contributed by atoms with Crippen molar-refractivity contribution in [3.05, 3.63) is 58.6 Å². The van der Waals surface area contributed by atoms with Crippen molar-refractivity contribution in [3.63, 3.8) is 0 Å². The first kappa shape index (κ1) is 10.1. The van der Waals surface area contributed by atoms with Gasteiger partial charge in [0.2, 0.25) is 0 Å². The van der Waals surface area contributed by atoms with Crippen LogP contribution in [0.1, 0.15) is 5.56 Å². The molecule has 2 N–H and O–H groups in total. The third-order valence-electron chi connectivity index (χ3n) is 1.87. The highest BCUT2D eigenvalue weighted by Gasteiger charge is 1.89. The number of rotatable bonds is 3. The van der Waals surface area contributed by atoms with E-state index in [1.807, 2.05) is 30.3 Å². The summed E-state index contributed by atoms with van der Waals surface area (Å²) in [7, 11) is 0. The molecule has 0 aliphatic carbocycles. The predicted molar refractivity (Wildman–Crippen MR) is 62.5 cm³/mol. The zero-order valence-electron chi connectivity index (χ0n) is 8.42. The van der Waals surface area contributed by atoms with E-state index in [0.717, 1.165) is 5.56 Å². The molecule has 0 atom stereocenters. The number of aromatic nitrogens is 2. The number of hydrogen-bond donors (Lipinski definition) is 2. The molecular formula is C11H10N4O. The fourth-order valence-corrected chi connectivity index (χ4v) is 1.15. The van der Waals surface area contributed by atoms with Gasteiger partial charge in [0.25, 0.3) is 0 Å². The maximum Gasteiger partial charge on any atom is 0.346 e. The first-order valence-electron chi connectivity index (χ1n) is 4.74. The van der Waals surface area contributed by atoms with Gasteiger partial charge >= 0.3 is 5.69 Å². The monoisotopic (exact) mass is 214 g/mol. The second kappa shape index (κ2) is 4.88. The van der Waals surface area contributed by atoms with Gasteiger partial charge in [0.05, 0.1) is 6.21 Å². The summed E-state index contributed by atoms with van der Waals surface area (Å²) in [5.41, 5.74) is 3.28. The molecule has 5 nitrogen and oxygen atoms in total. The van der Waals surface area contributed by atoms with Crippen LogP contribution in [0.15, 0.2) is 52.5 Å². The van der Waals surface area contributed by atoms with Crippen molar-refractivity contribution in [2.24, 2.45) is 5.10 Å². The summed E-state index contributed by atoms with van der Waals surface area (Å²) in [5, 5.41) is 3.98. The second-order valence-corrected chi connectivity index (χ2v) is 3.07. The van der Waals surface area contributed by atoms with E-state index in [4.69, 9.17) is 0 Å². The minimum Gasteiger partial charge on any atom is -0.291 e. The Morgan fingerprint density at radius 2 is 2.06 bits per heavy atom. The first-order chi connectivity index (χ1) is 7.84. The molecule has 80 valence electrons. The summed E-state index contributed by atoms with van der Waals surface area (Å²) in [6.07, 6.45) is 3.08. The van der Waals surface area contributed by atoms with Crippen molar-refractivity contribution in [1.29, 1.82) is 0 Å². The molecule has 0 saturated heterocycles. The molecule has 1 aromatic heterocycles. The van der Waals surface area contributed by atoms with Gasteiger partial charge in [0, 0.05) is 6.20 Å². The van der Waals surface area contributed by atoms with Crippen LogP contribution >= 0.6 is 0 Å². The van der Waals surface area contributed by atoms with Crippen LogP contribution in [0.2, 0.25) is 0 Å². The molecule has 1 aromatic carbocycles. The van der Waals surface area contributed by atoms with Crippen LogP contribution in [-0.4, -0.2) is 16.2 Å². The minimum absolute atomic E-state index is 0.403. The SMILES string of the molecule is O=c1nccc(N/N=C\c2ccccc2)[nH]1. The fraction of sp³-hybridized carbons (Fsp3) is 0. The topological polar surface area (TPSA) is 70.1 Å². The maximum absolute atomic E-state index is 10.9. The number of H-pyrrole nitrogens is 1. The smallest absolute Gasteiger partial charge is 0.291 e. The summed E-state index contributed by atoms with van der Waals surface area (Å²) in [5.74, 6) is 0.507. The van der Waals surface area contributed by atoms with Gasteiger partial charge < -0.3 is 0 Å². The number of benzene rings is 1. The molecule has 0 saturated carbocycles. The summed E-state index contributed by atoms with van der Waals surface area (Å²) in [6.45, 7) is 0. The van der Waals surface area contributed by atoms with Gasteiger partial charge in [-0.25, -0.2) is 9.78 Å². The zero-order chi connectivity index (χ0) is 11.2. The highest BCUT2D eigenvalue weighted by atomic mass is 16.1. The summed E-state index contributed by atoms with van der Waals surface area (Å²) >= 11 is 0. The highest BCUT2D eigenvalue weighted by molar-refractivity contribution is 5.79. The molecule has 2 rings (SSSR count). The molecule has 0 fully saturated rings. The number of nitrogens with zero attached hydrogens (tertiary/aromatic N) is 2. The van der Waals surface area contributed by atoms with E-state index in [0.29, 0.717) is 5.82 Å². The number of anilines is 1. The molecule has 0 radical (unpaired) electrons. The molecule has 16 heavy (non-hydrogen) atoms. The van der Waals surface area contributed by atoms with Gasteiger partial charge in [-0.2, -0.15) is 5.10 Å². The van der Waals surface area contributed by atoms with Gasteiger partial charge in [0.15, 0.2) is 0 Å². The average Bonchev–Trinajstić information content (AvgIpc) is 2.30. The lowest BCUT2D eigenvalue weighted by molar-refractivity contribution is 1.06. The van der Waals surface area contributed by atoms with Gasteiger partial charge in [0.1, 0.15) is 5.82 Å². The number of nitrogens with one attached hydrogen (secondary N) is 2. The van der Waals surface area contributed by atoms with E-state index in [1.54, 1.807) is 12.3 Å². The van der Waals surface area contributed by atoms with Gasteiger partial charge in [-0.1, -0.05) is 30.3 Å². The third-order valence-corrected chi connectivity index (χ3v) is 1.87. The summed E-state index contributed by atoms with van der Waals surface area (Å²) < 4.78 is 0. The van der Waals surface area contributed by atoms with E-state index in [-0.39, 0.29) is 0 Å². The van der Waals surface area contributed by atoms with Crippen LogP contribution in [0.3, 0.4) is 0 Å². The largest absolute Gasteiger partial charge is 0.346 e. The lowest BCUT2D eigenvalue weighted by Crippen LogP contribution is -2.10. The minimum atomic E-state index is -0.403. The van der Waals surface area contributed by atoms with E-state index in [9.17, 15) is 4.79 Å². The number of aromatic amines is 1. The average molecular weight is 214 g/mol. The summed E-state index contributed by atoms with van der Waals surface area (Å²) in [6, 6.07) is 11.3. The van der Waals surface area contributed by atoms with Crippen molar-refractivity contribution >= 4 is 12.0 Å². The van der Waals surface area contributed by atoms with Gasteiger partial charge in [-0.3, -0.25) is 10.4 Å². The second-order valence-electron chi connectivity index (χ2n) is 3.07. The molecular weight excluding hydrogens is 204 g/mol. The van der Waals surface area contributed by atoms with Crippen molar-refractivity contribution < 1.29 is 0 Å². The lowest BCUT2D eigenvalue weighted by atomic mass is 10.2. The van der Waals surface area contributed by atoms with E-state index >= 15 is 0 Å².